The second-order valence-electron chi connectivity index (χ2n) is 7.50. The van der Waals surface area contributed by atoms with Crippen LogP contribution in [0, 0.1) is 0 Å². The third-order valence-corrected chi connectivity index (χ3v) is 6.25. The second kappa shape index (κ2) is 10.5. The van der Waals surface area contributed by atoms with Gasteiger partial charge in [0.15, 0.2) is 5.01 Å². The van der Waals surface area contributed by atoms with Gasteiger partial charge < -0.3 is 21.3 Å². The van der Waals surface area contributed by atoms with Crippen molar-refractivity contribution in [3.63, 3.8) is 0 Å². The van der Waals surface area contributed by atoms with Crippen LogP contribution in [-0.4, -0.2) is 65.1 Å². The fourth-order valence-electron chi connectivity index (χ4n) is 3.62. The van der Waals surface area contributed by atoms with E-state index in [9.17, 15) is 19.2 Å². The number of carbonyl (C=O) groups is 4. The van der Waals surface area contributed by atoms with Gasteiger partial charge in [-0.05, 0) is 44.4 Å². The van der Waals surface area contributed by atoms with E-state index in [4.69, 9.17) is 5.73 Å². The molecule has 2 aromatic rings. The number of hydrogen-bond acceptors (Lipinski definition) is 7. The van der Waals surface area contributed by atoms with Crippen LogP contribution in [0.15, 0.2) is 24.3 Å². The topological polar surface area (TPSA) is 134 Å². The Hall–Kier alpha value is -2.85. The molecule has 0 saturated carbocycles. The van der Waals surface area contributed by atoms with Crippen LogP contribution in [0.3, 0.4) is 0 Å². The summed E-state index contributed by atoms with van der Waals surface area (Å²) in [7, 11) is 0. The van der Waals surface area contributed by atoms with Gasteiger partial charge in [-0.3, -0.25) is 19.2 Å². The zero-order valence-corrected chi connectivity index (χ0v) is 18.2. The molecule has 0 spiro atoms. The summed E-state index contributed by atoms with van der Waals surface area (Å²) < 4.78 is 0.903. The third-order valence-electron chi connectivity index (χ3n) is 5.20. The largest absolute Gasteiger partial charge is 0.347 e. The Labute approximate surface area is 184 Å². The highest BCUT2D eigenvalue weighted by molar-refractivity contribution is 7.20. The van der Waals surface area contributed by atoms with Gasteiger partial charge in [0, 0.05) is 13.5 Å². The van der Waals surface area contributed by atoms with E-state index in [-0.39, 0.29) is 30.0 Å². The molecule has 0 radical (unpaired) electrons. The molecule has 3 amide bonds. The van der Waals surface area contributed by atoms with Crippen LogP contribution in [0.25, 0.3) is 10.2 Å². The fourth-order valence-corrected chi connectivity index (χ4v) is 4.58. The molecule has 31 heavy (non-hydrogen) atoms. The van der Waals surface area contributed by atoms with E-state index in [1.165, 1.54) is 23.2 Å². The summed E-state index contributed by atoms with van der Waals surface area (Å²) in [5, 5.41) is 5.63. The molecule has 0 bridgehead atoms. The summed E-state index contributed by atoms with van der Waals surface area (Å²) in [5.41, 5.74) is 6.37. The number of nitrogens with one attached hydrogen (secondary N) is 2. The lowest BCUT2D eigenvalue weighted by Crippen LogP contribution is -2.52. The Kier molecular flexibility index (Phi) is 7.69. The van der Waals surface area contributed by atoms with E-state index in [0.29, 0.717) is 43.8 Å². The van der Waals surface area contributed by atoms with Crippen LogP contribution in [0.5, 0.6) is 0 Å². The minimum atomic E-state index is -0.760. The number of Topliss-reactive ketones (excluding diaryl/α,β-unsaturated/α-hetero) is 1. The summed E-state index contributed by atoms with van der Waals surface area (Å²) >= 11 is 1.29. The molecule has 1 aromatic heterocycles. The quantitative estimate of drug-likeness (QED) is 0.490. The zero-order chi connectivity index (χ0) is 22.4. The highest BCUT2D eigenvalue weighted by atomic mass is 32.1. The first kappa shape index (κ1) is 22.8. The Bertz CT molecular complexity index is 943. The van der Waals surface area contributed by atoms with Gasteiger partial charge >= 0.3 is 0 Å². The summed E-state index contributed by atoms with van der Waals surface area (Å²) in [5.74, 6) is -1.25. The average molecular weight is 446 g/mol. The fraction of sp³-hybridized carbons (Fsp3) is 0.476. The van der Waals surface area contributed by atoms with Crippen molar-refractivity contribution in [2.24, 2.45) is 5.73 Å². The minimum absolute atomic E-state index is 0.152. The van der Waals surface area contributed by atoms with Crippen LogP contribution >= 0.6 is 11.3 Å². The number of benzene rings is 1. The zero-order valence-electron chi connectivity index (χ0n) is 17.4. The number of thiazole rings is 1. The van der Waals surface area contributed by atoms with E-state index in [0.717, 1.165) is 10.2 Å². The Morgan fingerprint density at radius 2 is 2.06 bits per heavy atom. The maximum Gasteiger partial charge on any atom is 0.243 e. The Morgan fingerprint density at radius 1 is 1.29 bits per heavy atom. The third kappa shape index (κ3) is 5.65. The number of carbonyl (C=O) groups excluding carboxylic acids is 4. The standard InChI is InChI=1S/C21H27N5O4S/c1-13(27)23-12-18(28)26-11-5-8-16(26)20(30)24-15(7-4-10-22)19(29)21-25-14-6-2-3-9-17(14)31-21/h2-3,6,9,15-16H,4-5,7-8,10-12,22H2,1H3,(H,23,27)(H,24,30)/t15-,16-/m0/s1. The van der Waals surface area contributed by atoms with Gasteiger partial charge in [0.2, 0.25) is 23.5 Å². The van der Waals surface area contributed by atoms with Gasteiger partial charge in [0.05, 0.1) is 22.8 Å². The molecule has 4 N–H and O–H groups in total. The van der Waals surface area contributed by atoms with Crippen LogP contribution in [0.1, 0.15) is 42.4 Å². The van der Waals surface area contributed by atoms with Gasteiger partial charge in [0.1, 0.15) is 6.04 Å². The van der Waals surface area contributed by atoms with Crippen LogP contribution in [-0.2, 0) is 14.4 Å². The van der Waals surface area contributed by atoms with E-state index in [2.05, 4.69) is 15.6 Å². The Balaban J connectivity index is 1.71. The molecule has 1 fully saturated rings. The number of fused-ring (bicyclic) bond motifs is 1. The van der Waals surface area contributed by atoms with Crippen molar-refractivity contribution in [1.29, 1.82) is 0 Å². The van der Waals surface area contributed by atoms with Crippen LogP contribution < -0.4 is 16.4 Å². The predicted octanol–water partition coefficient (Wildman–Crippen LogP) is 0.830. The van der Waals surface area contributed by atoms with E-state index in [1.54, 1.807) is 0 Å². The van der Waals surface area contributed by atoms with E-state index in [1.807, 2.05) is 24.3 Å². The minimum Gasteiger partial charge on any atom is -0.347 e. The maximum atomic E-state index is 13.1. The van der Waals surface area contributed by atoms with Gasteiger partial charge in [-0.25, -0.2) is 4.98 Å². The number of likely N-dealkylation sites (tertiary alicyclic amines) is 1. The van der Waals surface area contributed by atoms with Crippen molar-refractivity contribution in [3.8, 4) is 0 Å². The predicted molar refractivity (Wildman–Crippen MR) is 118 cm³/mol. The SMILES string of the molecule is CC(=O)NCC(=O)N1CCC[C@H]1C(=O)N[C@@H](CCCN)C(=O)c1nc2ccccc2s1. The van der Waals surface area contributed by atoms with Crippen molar-refractivity contribution < 1.29 is 19.2 Å². The number of aromatic nitrogens is 1. The molecule has 2 atom stereocenters. The maximum absolute atomic E-state index is 13.1. The molecule has 9 nitrogen and oxygen atoms in total. The molecule has 1 aromatic carbocycles. The van der Waals surface area contributed by atoms with Crippen molar-refractivity contribution in [3.05, 3.63) is 29.3 Å². The van der Waals surface area contributed by atoms with E-state index < -0.39 is 12.1 Å². The molecule has 0 unspecified atom stereocenters. The first-order chi connectivity index (χ1) is 14.9. The number of nitrogens with two attached hydrogens (primary N) is 1. The van der Waals surface area contributed by atoms with Crippen LogP contribution in [0.4, 0.5) is 0 Å². The van der Waals surface area contributed by atoms with Gasteiger partial charge in [-0.1, -0.05) is 12.1 Å². The van der Waals surface area contributed by atoms with Crippen molar-refractivity contribution in [2.45, 2.75) is 44.7 Å². The average Bonchev–Trinajstić information content (AvgIpc) is 3.41. The number of rotatable bonds is 9. The molecular formula is C21H27N5O4S. The molecule has 0 aliphatic carbocycles. The number of para-hydroxylation sites is 1. The number of amides is 3. The van der Waals surface area contributed by atoms with Gasteiger partial charge in [0.25, 0.3) is 0 Å². The number of nitrogens with zero attached hydrogens (tertiary/aromatic N) is 2. The van der Waals surface area contributed by atoms with Gasteiger partial charge in [-0.15, -0.1) is 11.3 Å². The first-order valence-electron chi connectivity index (χ1n) is 10.3. The summed E-state index contributed by atoms with van der Waals surface area (Å²) in [6, 6.07) is 6.06. The number of hydrogen-bond donors (Lipinski definition) is 3. The molecule has 2 heterocycles. The molecular weight excluding hydrogens is 418 g/mol. The van der Waals surface area contributed by atoms with Crippen molar-refractivity contribution in [1.82, 2.24) is 20.5 Å². The lowest BCUT2D eigenvalue weighted by Gasteiger charge is -2.26. The van der Waals surface area contributed by atoms with Gasteiger partial charge in [-0.2, -0.15) is 0 Å². The summed E-state index contributed by atoms with van der Waals surface area (Å²) in [6.07, 6.45) is 2.15. The summed E-state index contributed by atoms with van der Waals surface area (Å²) in [6.45, 7) is 2.01. The lowest BCUT2D eigenvalue weighted by atomic mass is 10.1. The van der Waals surface area contributed by atoms with Crippen molar-refractivity contribution >= 4 is 45.1 Å². The molecule has 1 aliphatic heterocycles. The molecule has 1 aliphatic rings. The molecule has 166 valence electrons. The van der Waals surface area contributed by atoms with E-state index >= 15 is 0 Å². The monoisotopic (exact) mass is 445 g/mol. The highest BCUT2D eigenvalue weighted by Crippen LogP contribution is 2.24. The highest BCUT2D eigenvalue weighted by Gasteiger charge is 2.36. The number of ketones is 1. The first-order valence-corrected chi connectivity index (χ1v) is 11.2. The molecule has 3 rings (SSSR count). The molecule has 1 saturated heterocycles. The second-order valence-corrected chi connectivity index (χ2v) is 8.53. The normalized spacial score (nSPS) is 16.8. The smallest absolute Gasteiger partial charge is 0.243 e. The molecule has 10 heteroatoms. The summed E-state index contributed by atoms with van der Waals surface area (Å²) in [4.78, 5) is 55.5. The van der Waals surface area contributed by atoms with Crippen LogP contribution in [0.2, 0.25) is 0 Å². The van der Waals surface area contributed by atoms with Crippen molar-refractivity contribution in [2.75, 3.05) is 19.6 Å². The Morgan fingerprint density at radius 3 is 2.77 bits per heavy atom. The lowest BCUT2D eigenvalue weighted by molar-refractivity contribution is -0.138.